The molecule has 3 unspecified atom stereocenters. The molecule has 0 saturated carbocycles. The van der Waals surface area contributed by atoms with Gasteiger partial charge in [-0.15, -0.1) is 6.42 Å². The number of carbonyl (C=O) groups excluding carboxylic acids is 1. The third kappa shape index (κ3) is 3.88. The maximum atomic E-state index is 11.0. The van der Waals surface area contributed by atoms with Crippen LogP contribution in [0.5, 0.6) is 0 Å². The SMILES string of the molecule is BC1CC(OCC#C)C(COC(=O)CC)O1. The molecule has 0 aliphatic carbocycles. The molecule has 4 nitrogen and oxygen atoms in total. The Morgan fingerprint density at radius 3 is 3.06 bits per heavy atom. The minimum atomic E-state index is -0.223. The average molecular weight is 224 g/mol. The van der Waals surface area contributed by atoms with E-state index in [0.29, 0.717) is 6.42 Å². The molecule has 0 aromatic heterocycles. The van der Waals surface area contributed by atoms with E-state index in [9.17, 15) is 4.79 Å². The van der Waals surface area contributed by atoms with Crippen LogP contribution in [-0.4, -0.2) is 45.2 Å². The van der Waals surface area contributed by atoms with E-state index in [-0.39, 0.29) is 37.4 Å². The van der Waals surface area contributed by atoms with Crippen LogP contribution in [0, 0.1) is 12.3 Å². The van der Waals surface area contributed by atoms with Gasteiger partial charge < -0.3 is 14.2 Å². The lowest BCUT2D eigenvalue weighted by Crippen LogP contribution is -2.30. The fourth-order valence-corrected chi connectivity index (χ4v) is 1.67. The van der Waals surface area contributed by atoms with Crippen LogP contribution in [-0.2, 0) is 19.0 Å². The van der Waals surface area contributed by atoms with Crippen LogP contribution < -0.4 is 0 Å². The van der Waals surface area contributed by atoms with Crippen LogP contribution in [0.25, 0.3) is 0 Å². The molecule has 88 valence electrons. The molecule has 16 heavy (non-hydrogen) atoms. The predicted octanol–water partition coefficient (Wildman–Crippen LogP) is -0.294. The quantitative estimate of drug-likeness (QED) is 0.365. The molecule has 0 radical (unpaired) electrons. The third-order valence-corrected chi connectivity index (χ3v) is 2.46. The molecule has 1 rings (SSSR count). The highest BCUT2D eigenvalue weighted by Crippen LogP contribution is 2.21. The van der Waals surface area contributed by atoms with E-state index in [2.05, 4.69) is 5.92 Å². The molecule has 1 heterocycles. The monoisotopic (exact) mass is 224 g/mol. The second-order valence-electron chi connectivity index (χ2n) is 3.81. The van der Waals surface area contributed by atoms with E-state index in [1.54, 1.807) is 6.92 Å². The predicted molar refractivity (Wildman–Crippen MR) is 61.6 cm³/mol. The fraction of sp³-hybridized carbons (Fsp3) is 0.727. The van der Waals surface area contributed by atoms with Crippen LogP contribution >= 0.6 is 0 Å². The van der Waals surface area contributed by atoms with Gasteiger partial charge in [0.05, 0.1) is 6.10 Å². The van der Waals surface area contributed by atoms with Gasteiger partial charge >= 0.3 is 5.97 Å². The van der Waals surface area contributed by atoms with Crippen molar-refractivity contribution in [2.45, 2.75) is 38.0 Å². The molecule has 1 aliphatic rings. The van der Waals surface area contributed by atoms with Crippen molar-refractivity contribution in [2.24, 2.45) is 0 Å². The summed E-state index contributed by atoms with van der Waals surface area (Å²) >= 11 is 0. The minimum absolute atomic E-state index is 0.0734. The molecule has 0 aromatic carbocycles. The molecule has 0 N–H and O–H groups in total. The summed E-state index contributed by atoms with van der Waals surface area (Å²) in [5.41, 5.74) is 0. The van der Waals surface area contributed by atoms with E-state index >= 15 is 0 Å². The van der Waals surface area contributed by atoms with Crippen molar-refractivity contribution in [3.8, 4) is 12.3 Å². The Hall–Kier alpha value is -0.985. The van der Waals surface area contributed by atoms with Gasteiger partial charge in [-0.25, -0.2) is 0 Å². The van der Waals surface area contributed by atoms with Gasteiger partial charge in [0.25, 0.3) is 0 Å². The summed E-state index contributed by atoms with van der Waals surface area (Å²) in [6, 6.07) is 0.119. The van der Waals surface area contributed by atoms with Crippen molar-refractivity contribution in [1.82, 2.24) is 0 Å². The number of esters is 1. The van der Waals surface area contributed by atoms with Crippen LogP contribution in [0.3, 0.4) is 0 Å². The third-order valence-electron chi connectivity index (χ3n) is 2.46. The zero-order chi connectivity index (χ0) is 12.0. The molecule has 1 fully saturated rings. The Morgan fingerprint density at radius 2 is 2.44 bits per heavy atom. The van der Waals surface area contributed by atoms with Crippen molar-refractivity contribution in [1.29, 1.82) is 0 Å². The molecule has 1 aliphatic heterocycles. The van der Waals surface area contributed by atoms with E-state index in [4.69, 9.17) is 20.6 Å². The zero-order valence-corrected chi connectivity index (χ0v) is 9.77. The van der Waals surface area contributed by atoms with Gasteiger partial charge in [-0.2, -0.15) is 0 Å². The lowest BCUT2D eigenvalue weighted by Gasteiger charge is -2.17. The topological polar surface area (TPSA) is 44.8 Å². The maximum Gasteiger partial charge on any atom is 0.305 e. The van der Waals surface area contributed by atoms with Crippen molar-refractivity contribution < 1.29 is 19.0 Å². The molecule has 0 bridgehead atoms. The Kier molecular flexibility index (Phi) is 5.37. The standard InChI is InChI=1S/C11H17BO4/c1-3-5-14-8-6-10(12)16-9(8)7-15-11(13)4-2/h1,8-10H,4-7,12H2,2H3. The van der Waals surface area contributed by atoms with Gasteiger partial charge in [0.1, 0.15) is 27.2 Å². The Labute approximate surface area is 97.0 Å². The first-order valence-electron chi connectivity index (χ1n) is 5.53. The van der Waals surface area contributed by atoms with Crippen LogP contribution in [0.15, 0.2) is 0 Å². The molecule has 3 atom stereocenters. The average Bonchev–Trinajstić information content (AvgIpc) is 2.63. The van der Waals surface area contributed by atoms with Gasteiger partial charge in [-0.3, -0.25) is 4.79 Å². The summed E-state index contributed by atoms with van der Waals surface area (Å²) in [6.07, 6.45) is 6.02. The maximum absolute atomic E-state index is 11.0. The molecular weight excluding hydrogens is 207 g/mol. The normalized spacial score (nSPS) is 28.6. The summed E-state index contributed by atoms with van der Waals surface area (Å²) in [5, 5.41) is 0. The van der Waals surface area contributed by atoms with Crippen LogP contribution in [0.4, 0.5) is 0 Å². The molecular formula is C11H17BO4. The summed E-state index contributed by atoms with van der Waals surface area (Å²) in [6.45, 7) is 2.26. The van der Waals surface area contributed by atoms with Gasteiger partial charge in [0.2, 0.25) is 0 Å². The van der Waals surface area contributed by atoms with E-state index in [1.807, 2.05) is 7.85 Å². The Morgan fingerprint density at radius 1 is 1.69 bits per heavy atom. The Bertz CT molecular complexity index is 274. The number of hydrogen-bond acceptors (Lipinski definition) is 4. The molecule has 0 amide bonds. The summed E-state index contributed by atoms with van der Waals surface area (Å²) in [5.74, 6) is 2.20. The van der Waals surface area contributed by atoms with Crippen molar-refractivity contribution in [2.75, 3.05) is 13.2 Å². The van der Waals surface area contributed by atoms with Crippen molar-refractivity contribution >= 4 is 13.8 Å². The van der Waals surface area contributed by atoms with Gasteiger partial charge in [0.15, 0.2) is 0 Å². The molecule has 0 aromatic rings. The molecule has 1 saturated heterocycles. The van der Waals surface area contributed by atoms with Gasteiger partial charge in [-0.1, -0.05) is 12.8 Å². The first-order valence-corrected chi connectivity index (χ1v) is 5.53. The highest BCUT2D eigenvalue weighted by Gasteiger charge is 2.34. The minimum Gasteiger partial charge on any atom is -0.463 e. The number of ether oxygens (including phenoxy) is 3. The summed E-state index contributed by atoms with van der Waals surface area (Å²) in [7, 11) is 1.97. The largest absolute Gasteiger partial charge is 0.463 e. The molecule has 5 heteroatoms. The lowest BCUT2D eigenvalue weighted by atomic mass is 9.96. The lowest BCUT2D eigenvalue weighted by molar-refractivity contribution is -0.148. The first-order chi connectivity index (χ1) is 7.67. The second-order valence-corrected chi connectivity index (χ2v) is 3.81. The number of carbonyl (C=O) groups is 1. The van der Waals surface area contributed by atoms with Gasteiger partial charge in [0, 0.05) is 12.4 Å². The number of hydrogen-bond donors (Lipinski definition) is 0. The fourth-order valence-electron chi connectivity index (χ4n) is 1.67. The van der Waals surface area contributed by atoms with E-state index in [1.165, 1.54) is 0 Å². The summed E-state index contributed by atoms with van der Waals surface area (Å²) in [4.78, 5) is 11.0. The van der Waals surface area contributed by atoms with E-state index < -0.39 is 0 Å². The summed E-state index contributed by atoms with van der Waals surface area (Å²) < 4.78 is 16.1. The highest BCUT2D eigenvalue weighted by molar-refractivity contribution is 6.11. The zero-order valence-electron chi connectivity index (χ0n) is 9.77. The smallest absolute Gasteiger partial charge is 0.305 e. The number of terminal acetylenes is 1. The first kappa shape index (κ1) is 13.1. The van der Waals surface area contributed by atoms with E-state index in [0.717, 1.165) is 6.42 Å². The molecule has 0 spiro atoms. The van der Waals surface area contributed by atoms with Crippen LogP contribution in [0.1, 0.15) is 19.8 Å². The van der Waals surface area contributed by atoms with Crippen LogP contribution in [0.2, 0.25) is 0 Å². The highest BCUT2D eigenvalue weighted by atomic mass is 16.6. The van der Waals surface area contributed by atoms with Crippen molar-refractivity contribution in [3.63, 3.8) is 0 Å². The van der Waals surface area contributed by atoms with Gasteiger partial charge in [-0.05, 0) is 6.42 Å². The number of rotatable bonds is 5. The second kappa shape index (κ2) is 6.57. The Balaban J connectivity index is 2.37. The van der Waals surface area contributed by atoms with Crippen molar-refractivity contribution in [3.05, 3.63) is 0 Å².